The molecule has 1 aromatic heterocycles. The molecule has 3 heterocycles. The van der Waals surface area contributed by atoms with Crippen molar-refractivity contribution in [3.05, 3.63) is 47.7 Å². The molecule has 1 saturated heterocycles. The number of piperidine rings is 1. The van der Waals surface area contributed by atoms with E-state index in [2.05, 4.69) is 17.3 Å². The molecule has 1 N–H and O–H groups in total. The Hall–Kier alpha value is -2.51. The van der Waals surface area contributed by atoms with E-state index in [0.29, 0.717) is 12.5 Å². The Balaban J connectivity index is 1.66. The lowest BCUT2D eigenvalue weighted by atomic mass is 9.95. The van der Waals surface area contributed by atoms with E-state index in [1.165, 1.54) is 6.07 Å². The number of alkyl halides is 3. The summed E-state index contributed by atoms with van der Waals surface area (Å²) in [7, 11) is 0. The second kappa shape index (κ2) is 7.39. The molecule has 2 aromatic rings. The van der Waals surface area contributed by atoms with Crippen LogP contribution in [0, 0.1) is 5.92 Å². The van der Waals surface area contributed by atoms with E-state index in [-0.39, 0.29) is 29.9 Å². The smallest absolute Gasteiger partial charge is 0.363 e. The number of fused-ring (bicyclic) bond motifs is 1. The molecule has 8 heteroatoms. The number of carbonyl (C=O) groups is 1. The van der Waals surface area contributed by atoms with Gasteiger partial charge in [-0.1, -0.05) is 37.3 Å². The zero-order chi connectivity index (χ0) is 20.8. The van der Waals surface area contributed by atoms with Crippen LogP contribution in [0.2, 0.25) is 0 Å². The first-order valence-electron chi connectivity index (χ1n) is 10.0. The van der Waals surface area contributed by atoms with E-state index >= 15 is 0 Å². The summed E-state index contributed by atoms with van der Waals surface area (Å²) in [5.41, 5.74) is 0.844. The third-order valence-electron chi connectivity index (χ3n) is 5.99. The van der Waals surface area contributed by atoms with Crippen molar-refractivity contribution in [3.8, 4) is 0 Å². The molecule has 2 aliphatic rings. The predicted octanol–water partition coefficient (Wildman–Crippen LogP) is 4.80. The van der Waals surface area contributed by atoms with Crippen LogP contribution in [-0.4, -0.2) is 39.4 Å². The van der Waals surface area contributed by atoms with E-state index in [0.717, 1.165) is 23.1 Å². The number of aromatic nitrogens is 2. The Morgan fingerprint density at radius 3 is 2.59 bits per heavy atom. The maximum Gasteiger partial charge on any atom is 0.410 e. The molecule has 0 spiro atoms. The normalized spacial score (nSPS) is 27.3. The number of anilines is 1. The number of hydrogen-bond acceptors (Lipinski definition) is 3. The van der Waals surface area contributed by atoms with Crippen LogP contribution in [0.4, 0.5) is 19.0 Å². The minimum absolute atomic E-state index is 0.0564. The van der Waals surface area contributed by atoms with Crippen molar-refractivity contribution in [1.82, 2.24) is 14.7 Å². The second-order valence-corrected chi connectivity index (χ2v) is 8.25. The van der Waals surface area contributed by atoms with E-state index < -0.39 is 18.3 Å². The maximum absolute atomic E-state index is 13.8. The van der Waals surface area contributed by atoms with Crippen LogP contribution < -0.4 is 5.32 Å². The summed E-state index contributed by atoms with van der Waals surface area (Å²) in [5.74, 6) is 0.300. The van der Waals surface area contributed by atoms with Crippen molar-refractivity contribution in [1.29, 1.82) is 0 Å². The molecular weight excluding hydrogens is 381 g/mol. The minimum atomic E-state index is -4.46. The molecule has 2 aliphatic heterocycles. The fourth-order valence-electron chi connectivity index (χ4n) is 4.30. The van der Waals surface area contributed by atoms with Gasteiger partial charge in [-0.2, -0.15) is 18.3 Å². The summed E-state index contributed by atoms with van der Waals surface area (Å²) in [5, 5.41) is 7.25. The summed E-state index contributed by atoms with van der Waals surface area (Å²) in [6.45, 7) is 4.66. The summed E-state index contributed by atoms with van der Waals surface area (Å²) in [6.07, 6.45) is -2.70. The third kappa shape index (κ3) is 3.84. The molecule has 29 heavy (non-hydrogen) atoms. The lowest BCUT2D eigenvalue weighted by Gasteiger charge is -2.36. The summed E-state index contributed by atoms with van der Waals surface area (Å²) >= 11 is 0. The fourth-order valence-corrected chi connectivity index (χ4v) is 4.30. The van der Waals surface area contributed by atoms with Crippen LogP contribution in [0.15, 0.2) is 36.4 Å². The van der Waals surface area contributed by atoms with E-state index in [9.17, 15) is 18.0 Å². The number of rotatable bonds is 2. The number of nitrogens with one attached hydrogen (secondary N) is 1. The monoisotopic (exact) mass is 406 g/mol. The van der Waals surface area contributed by atoms with Crippen LogP contribution in [-0.2, 0) is 0 Å². The van der Waals surface area contributed by atoms with Gasteiger partial charge in [0.1, 0.15) is 5.82 Å². The van der Waals surface area contributed by atoms with Crippen LogP contribution >= 0.6 is 0 Å². The number of hydrogen-bond donors (Lipinski definition) is 1. The molecule has 0 saturated carbocycles. The lowest BCUT2D eigenvalue weighted by molar-refractivity contribution is -0.173. The first-order chi connectivity index (χ1) is 13.7. The number of nitrogens with zero attached hydrogens (tertiary/aromatic N) is 3. The molecule has 156 valence electrons. The first kappa shape index (κ1) is 19.8. The number of halogens is 3. The van der Waals surface area contributed by atoms with Gasteiger partial charge < -0.3 is 10.2 Å². The van der Waals surface area contributed by atoms with Gasteiger partial charge in [-0.25, -0.2) is 4.68 Å². The maximum atomic E-state index is 13.8. The number of amides is 1. The van der Waals surface area contributed by atoms with Crippen LogP contribution in [0.5, 0.6) is 0 Å². The highest BCUT2D eigenvalue weighted by atomic mass is 19.4. The molecular formula is C21H25F3N4O. The van der Waals surface area contributed by atoms with Crippen LogP contribution in [0.25, 0.3) is 0 Å². The fraction of sp³-hybridized carbons (Fsp3) is 0.524. The zero-order valence-corrected chi connectivity index (χ0v) is 16.5. The molecule has 0 bridgehead atoms. The van der Waals surface area contributed by atoms with Gasteiger partial charge in [0.25, 0.3) is 5.91 Å². The van der Waals surface area contributed by atoms with Gasteiger partial charge in [-0.3, -0.25) is 4.79 Å². The third-order valence-corrected chi connectivity index (χ3v) is 5.99. The molecule has 0 radical (unpaired) electrons. The highest BCUT2D eigenvalue weighted by Gasteiger charge is 2.47. The summed E-state index contributed by atoms with van der Waals surface area (Å²) < 4.78 is 42.3. The van der Waals surface area contributed by atoms with Gasteiger partial charge in [0.05, 0.1) is 6.04 Å². The number of likely N-dealkylation sites (tertiary alicyclic amines) is 1. The highest BCUT2D eigenvalue weighted by Crippen LogP contribution is 2.43. The van der Waals surface area contributed by atoms with Crippen molar-refractivity contribution in [3.63, 3.8) is 0 Å². The predicted molar refractivity (Wildman–Crippen MR) is 104 cm³/mol. The number of carbonyl (C=O) groups excluding carboxylic acids is 1. The Labute approximate surface area is 167 Å². The second-order valence-electron chi connectivity index (χ2n) is 8.25. The lowest BCUT2D eigenvalue weighted by Crippen LogP contribution is -2.45. The van der Waals surface area contributed by atoms with Crippen molar-refractivity contribution in [2.24, 2.45) is 5.92 Å². The van der Waals surface area contributed by atoms with E-state index in [1.54, 1.807) is 29.2 Å². The Bertz CT molecular complexity index is 880. The average molecular weight is 406 g/mol. The Morgan fingerprint density at radius 2 is 1.90 bits per heavy atom. The zero-order valence-electron chi connectivity index (χ0n) is 16.5. The van der Waals surface area contributed by atoms with Gasteiger partial charge in [-0.15, -0.1) is 0 Å². The van der Waals surface area contributed by atoms with Gasteiger partial charge in [0.15, 0.2) is 11.7 Å². The molecule has 4 rings (SSSR count). The molecule has 0 aliphatic carbocycles. The molecule has 1 amide bonds. The highest BCUT2D eigenvalue weighted by molar-refractivity contribution is 5.93. The molecule has 1 fully saturated rings. The SMILES string of the molecule is C[C@@H]1CC[C@H](C)N(C(=O)c2cc3n(n2)[C@H](C(F)(F)F)C[C@@H](c2ccccc2)N3)C1. The van der Waals surface area contributed by atoms with Gasteiger partial charge in [0, 0.05) is 25.1 Å². The van der Waals surface area contributed by atoms with E-state index in [4.69, 9.17) is 0 Å². The number of benzene rings is 1. The topological polar surface area (TPSA) is 50.2 Å². The van der Waals surface area contributed by atoms with Crippen molar-refractivity contribution >= 4 is 11.7 Å². The molecule has 0 unspecified atom stereocenters. The van der Waals surface area contributed by atoms with Crippen LogP contribution in [0.1, 0.15) is 61.2 Å². The van der Waals surface area contributed by atoms with Gasteiger partial charge in [0.2, 0.25) is 0 Å². The van der Waals surface area contributed by atoms with Crippen LogP contribution in [0.3, 0.4) is 0 Å². The van der Waals surface area contributed by atoms with E-state index in [1.807, 2.05) is 13.0 Å². The standard InChI is InChI=1S/C21H25F3N4O/c1-13-8-9-14(2)27(12-13)20(29)17-11-19-25-16(15-6-4-3-5-7-15)10-18(21(22,23)24)28(19)26-17/h3-7,11,13-14,16,18,25H,8-10,12H2,1-2H3/t13-,14+,16+,18+/m1/s1. The molecule has 5 nitrogen and oxygen atoms in total. The largest absolute Gasteiger partial charge is 0.410 e. The quantitative estimate of drug-likeness (QED) is 0.779. The minimum Gasteiger partial charge on any atom is -0.363 e. The average Bonchev–Trinajstić information content (AvgIpc) is 3.12. The molecule has 1 aromatic carbocycles. The van der Waals surface area contributed by atoms with Crippen molar-refractivity contribution < 1.29 is 18.0 Å². The Kier molecular flexibility index (Phi) is 5.04. The molecule has 4 atom stereocenters. The van der Waals surface area contributed by atoms with Gasteiger partial charge in [-0.05, 0) is 31.2 Å². The first-order valence-corrected chi connectivity index (χ1v) is 10.0. The van der Waals surface area contributed by atoms with Crippen molar-refractivity contribution in [2.75, 3.05) is 11.9 Å². The van der Waals surface area contributed by atoms with Crippen molar-refractivity contribution in [2.45, 2.75) is 57.4 Å². The Morgan fingerprint density at radius 1 is 1.17 bits per heavy atom. The summed E-state index contributed by atoms with van der Waals surface area (Å²) in [4.78, 5) is 14.8. The summed E-state index contributed by atoms with van der Waals surface area (Å²) in [6, 6.07) is 8.30. The van der Waals surface area contributed by atoms with Gasteiger partial charge >= 0.3 is 6.18 Å².